The third kappa shape index (κ3) is 2.70. The molecule has 0 bridgehead atoms. The van der Waals surface area contributed by atoms with Crippen molar-refractivity contribution >= 4 is 5.97 Å². The summed E-state index contributed by atoms with van der Waals surface area (Å²) >= 11 is 0. The van der Waals surface area contributed by atoms with Crippen molar-refractivity contribution in [1.29, 1.82) is 0 Å². The Balaban J connectivity index is 2.14. The molecule has 0 saturated carbocycles. The van der Waals surface area contributed by atoms with E-state index in [0.29, 0.717) is 5.69 Å². The number of aromatic amines is 1. The standard InChI is InChI=1S/C12H13N3O2/c13-10(12(16)17)6-9-7-14-11(15-9)8-4-2-1-3-5-8/h1-5,7,10H,6,13H2,(H,14,15)(H,16,17)/t10-/m0/s1. The van der Waals surface area contributed by atoms with Gasteiger partial charge in [0.15, 0.2) is 0 Å². The fourth-order valence-corrected chi connectivity index (χ4v) is 1.52. The Hall–Kier alpha value is -2.14. The number of nitrogens with zero attached hydrogens (tertiary/aromatic N) is 1. The van der Waals surface area contributed by atoms with E-state index >= 15 is 0 Å². The van der Waals surface area contributed by atoms with Gasteiger partial charge in [-0.05, 0) is 0 Å². The largest absolute Gasteiger partial charge is 0.480 e. The van der Waals surface area contributed by atoms with Crippen molar-refractivity contribution in [2.24, 2.45) is 5.73 Å². The molecule has 0 spiro atoms. The summed E-state index contributed by atoms with van der Waals surface area (Å²) in [5, 5.41) is 8.70. The van der Waals surface area contributed by atoms with Crippen LogP contribution >= 0.6 is 0 Å². The van der Waals surface area contributed by atoms with Crippen molar-refractivity contribution in [3.8, 4) is 11.4 Å². The molecule has 1 aromatic heterocycles. The number of hydrogen-bond acceptors (Lipinski definition) is 3. The highest BCUT2D eigenvalue weighted by molar-refractivity contribution is 5.73. The number of imidazole rings is 1. The molecule has 2 rings (SSSR count). The lowest BCUT2D eigenvalue weighted by molar-refractivity contribution is -0.138. The zero-order valence-electron chi connectivity index (χ0n) is 9.13. The summed E-state index contributed by atoms with van der Waals surface area (Å²) in [5.74, 6) is -0.299. The molecule has 0 unspecified atom stereocenters. The van der Waals surface area contributed by atoms with Crippen LogP contribution in [-0.4, -0.2) is 27.1 Å². The van der Waals surface area contributed by atoms with Gasteiger partial charge in [0.2, 0.25) is 0 Å². The van der Waals surface area contributed by atoms with Gasteiger partial charge in [0, 0.05) is 18.2 Å². The first-order valence-corrected chi connectivity index (χ1v) is 5.25. The van der Waals surface area contributed by atoms with Gasteiger partial charge in [-0.25, -0.2) is 4.98 Å². The molecule has 0 fully saturated rings. The molecule has 1 heterocycles. The van der Waals surface area contributed by atoms with Crippen LogP contribution in [0.4, 0.5) is 0 Å². The first-order chi connectivity index (χ1) is 8.16. The number of hydrogen-bond donors (Lipinski definition) is 3. The second-order valence-electron chi connectivity index (χ2n) is 3.76. The average Bonchev–Trinajstić information content (AvgIpc) is 2.78. The minimum Gasteiger partial charge on any atom is -0.480 e. The van der Waals surface area contributed by atoms with Crippen LogP contribution in [0.1, 0.15) is 5.69 Å². The van der Waals surface area contributed by atoms with Gasteiger partial charge in [0.05, 0.1) is 5.69 Å². The smallest absolute Gasteiger partial charge is 0.320 e. The number of benzene rings is 1. The Morgan fingerprint density at radius 1 is 1.41 bits per heavy atom. The molecular weight excluding hydrogens is 218 g/mol. The van der Waals surface area contributed by atoms with Crippen molar-refractivity contribution in [1.82, 2.24) is 9.97 Å². The van der Waals surface area contributed by atoms with Gasteiger partial charge in [-0.15, -0.1) is 0 Å². The lowest BCUT2D eigenvalue weighted by atomic mass is 10.2. The summed E-state index contributed by atoms with van der Waals surface area (Å²) in [5.41, 5.74) is 7.06. The number of carboxylic acids is 1. The monoisotopic (exact) mass is 231 g/mol. The summed E-state index contributed by atoms with van der Waals surface area (Å²) in [4.78, 5) is 17.9. The molecule has 0 aliphatic carbocycles. The van der Waals surface area contributed by atoms with Gasteiger partial charge in [0.1, 0.15) is 11.9 Å². The van der Waals surface area contributed by atoms with Crippen LogP contribution < -0.4 is 5.73 Å². The molecule has 88 valence electrons. The van der Waals surface area contributed by atoms with E-state index < -0.39 is 12.0 Å². The van der Waals surface area contributed by atoms with Crippen molar-refractivity contribution in [2.45, 2.75) is 12.5 Å². The maximum Gasteiger partial charge on any atom is 0.320 e. The Labute approximate surface area is 98.3 Å². The zero-order chi connectivity index (χ0) is 12.3. The Bertz CT molecular complexity index is 507. The molecular formula is C12H13N3O2. The number of aliphatic carboxylic acids is 1. The topological polar surface area (TPSA) is 92.0 Å². The quantitative estimate of drug-likeness (QED) is 0.732. The molecule has 1 aromatic carbocycles. The minimum atomic E-state index is -1.02. The lowest BCUT2D eigenvalue weighted by Crippen LogP contribution is -2.32. The number of carboxylic acid groups (broad SMARTS) is 1. The summed E-state index contributed by atoms with van der Waals surface area (Å²) in [6, 6.07) is 8.70. The number of nitrogens with one attached hydrogen (secondary N) is 1. The first kappa shape index (κ1) is 11.3. The normalized spacial score (nSPS) is 12.3. The number of nitrogens with two attached hydrogens (primary N) is 1. The summed E-state index contributed by atoms with van der Waals surface area (Å²) in [6.45, 7) is 0. The van der Waals surface area contributed by atoms with Crippen LogP contribution in [0.25, 0.3) is 11.4 Å². The second-order valence-corrected chi connectivity index (χ2v) is 3.76. The summed E-state index contributed by atoms with van der Waals surface area (Å²) in [7, 11) is 0. The molecule has 0 radical (unpaired) electrons. The van der Waals surface area contributed by atoms with Crippen LogP contribution in [0, 0.1) is 0 Å². The van der Waals surface area contributed by atoms with Gasteiger partial charge in [0.25, 0.3) is 0 Å². The third-order valence-electron chi connectivity index (χ3n) is 2.42. The van der Waals surface area contributed by atoms with Crippen molar-refractivity contribution < 1.29 is 9.90 Å². The molecule has 4 N–H and O–H groups in total. The fourth-order valence-electron chi connectivity index (χ4n) is 1.52. The van der Waals surface area contributed by atoms with E-state index in [2.05, 4.69) is 9.97 Å². The van der Waals surface area contributed by atoms with Gasteiger partial charge in [-0.2, -0.15) is 0 Å². The Morgan fingerprint density at radius 3 is 2.76 bits per heavy atom. The van der Waals surface area contributed by atoms with E-state index in [-0.39, 0.29) is 6.42 Å². The van der Waals surface area contributed by atoms with Gasteiger partial charge < -0.3 is 15.8 Å². The number of carbonyl (C=O) groups is 1. The number of rotatable bonds is 4. The van der Waals surface area contributed by atoms with Crippen LogP contribution in [0.5, 0.6) is 0 Å². The second kappa shape index (κ2) is 4.80. The fraction of sp³-hybridized carbons (Fsp3) is 0.167. The lowest BCUT2D eigenvalue weighted by Gasteiger charge is -2.02. The van der Waals surface area contributed by atoms with Gasteiger partial charge >= 0.3 is 5.97 Å². The predicted octanol–water partition coefficient (Wildman–Crippen LogP) is 1.03. The van der Waals surface area contributed by atoms with Gasteiger partial charge in [-0.1, -0.05) is 30.3 Å². The van der Waals surface area contributed by atoms with E-state index in [1.807, 2.05) is 30.3 Å². The maximum absolute atomic E-state index is 10.6. The molecule has 2 aromatic rings. The van der Waals surface area contributed by atoms with Crippen LogP contribution in [0.15, 0.2) is 36.5 Å². The molecule has 0 aliphatic rings. The maximum atomic E-state index is 10.6. The van der Waals surface area contributed by atoms with Crippen LogP contribution in [-0.2, 0) is 11.2 Å². The van der Waals surface area contributed by atoms with Crippen LogP contribution in [0.2, 0.25) is 0 Å². The SMILES string of the molecule is N[C@@H](Cc1c[nH]c(-c2ccccc2)n1)C(=O)O. The highest BCUT2D eigenvalue weighted by Crippen LogP contribution is 2.15. The average molecular weight is 231 g/mol. The predicted molar refractivity (Wildman–Crippen MR) is 63.3 cm³/mol. The Morgan fingerprint density at radius 2 is 2.12 bits per heavy atom. The first-order valence-electron chi connectivity index (χ1n) is 5.25. The van der Waals surface area contributed by atoms with E-state index in [4.69, 9.17) is 10.8 Å². The van der Waals surface area contributed by atoms with Crippen molar-refractivity contribution in [2.75, 3.05) is 0 Å². The van der Waals surface area contributed by atoms with Crippen molar-refractivity contribution in [3.05, 3.63) is 42.2 Å². The number of H-pyrrole nitrogens is 1. The third-order valence-corrected chi connectivity index (χ3v) is 2.42. The van der Waals surface area contributed by atoms with E-state index in [1.54, 1.807) is 6.20 Å². The van der Waals surface area contributed by atoms with Gasteiger partial charge in [-0.3, -0.25) is 4.79 Å². The Kier molecular flexibility index (Phi) is 3.20. The molecule has 0 amide bonds. The molecule has 5 heteroatoms. The minimum absolute atomic E-state index is 0.221. The summed E-state index contributed by atoms with van der Waals surface area (Å²) in [6.07, 6.45) is 1.91. The van der Waals surface area contributed by atoms with E-state index in [9.17, 15) is 4.79 Å². The molecule has 5 nitrogen and oxygen atoms in total. The van der Waals surface area contributed by atoms with E-state index in [1.165, 1.54) is 0 Å². The summed E-state index contributed by atoms with van der Waals surface area (Å²) < 4.78 is 0. The highest BCUT2D eigenvalue weighted by Gasteiger charge is 2.14. The molecule has 17 heavy (non-hydrogen) atoms. The van der Waals surface area contributed by atoms with E-state index in [0.717, 1.165) is 11.4 Å². The highest BCUT2D eigenvalue weighted by atomic mass is 16.4. The number of aromatic nitrogens is 2. The molecule has 1 atom stereocenters. The zero-order valence-corrected chi connectivity index (χ0v) is 9.13. The van der Waals surface area contributed by atoms with Crippen molar-refractivity contribution in [3.63, 3.8) is 0 Å². The molecule has 0 saturated heterocycles. The molecule has 0 aliphatic heterocycles. The van der Waals surface area contributed by atoms with Crippen LogP contribution in [0.3, 0.4) is 0 Å².